The van der Waals surface area contributed by atoms with Gasteiger partial charge in [0.15, 0.2) is 4.90 Å². The Balaban J connectivity index is 2.95. The normalized spacial score (nSPS) is 11.3. The Labute approximate surface area is 127 Å². The van der Waals surface area contributed by atoms with Gasteiger partial charge in [-0.15, -0.1) is 0 Å². The Bertz CT molecular complexity index is 592. The van der Waals surface area contributed by atoms with Gasteiger partial charge in [-0.05, 0) is 37.0 Å². The van der Waals surface area contributed by atoms with Gasteiger partial charge in [-0.1, -0.05) is 6.07 Å². The highest BCUT2D eigenvalue weighted by Crippen LogP contribution is 2.31. The fourth-order valence-corrected chi connectivity index (χ4v) is 3.46. The van der Waals surface area contributed by atoms with Gasteiger partial charge in [-0.3, -0.25) is 16.0 Å². The van der Waals surface area contributed by atoms with Crippen molar-refractivity contribution in [3.8, 4) is 0 Å². The highest BCUT2D eigenvalue weighted by atomic mass is 32.2. The van der Waals surface area contributed by atoms with Gasteiger partial charge in [-0.2, -0.15) is 11.8 Å². The second kappa shape index (κ2) is 8.17. The Kier molecular flexibility index (Phi) is 6.89. The number of nitrogens with zero attached hydrogens (tertiary/aromatic N) is 1. The molecule has 10 heteroatoms. The third kappa shape index (κ3) is 4.84. The van der Waals surface area contributed by atoms with E-state index in [1.165, 1.54) is 18.2 Å². The van der Waals surface area contributed by atoms with Crippen LogP contribution in [-0.2, 0) is 10.0 Å². The van der Waals surface area contributed by atoms with Crippen molar-refractivity contribution < 1.29 is 13.3 Å². The third-order valence-electron chi connectivity index (χ3n) is 2.69. The number of nitrogens with two attached hydrogens (primary N) is 1. The van der Waals surface area contributed by atoms with E-state index in [1.54, 1.807) is 11.8 Å². The minimum Gasteiger partial charge on any atom is -0.318 e. The summed E-state index contributed by atoms with van der Waals surface area (Å²) >= 11 is 1.68. The Hall–Kier alpha value is -1.36. The van der Waals surface area contributed by atoms with Crippen LogP contribution >= 0.6 is 11.8 Å². The van der Waals surface area contributed by atoms with E-state index in [0.29, 0.717) is 6.42 Å². The Morgan fingerprint density at radius 2 is 2.10 bits per heavy atom. The molecule has 21 heavy (non-hydrogen) atoms. The zero-order chi connectivity index (χ0) is 15.9. The fourth-order valence-electron chi connectivity index (χ4n) is 1.70. The average Bonchev–Trinajstić information content (AvgIpc) is 2.46. The zero-order valence-corrected chi connectivity index (χ0v) is 13.2. The summed E-state index contributed by atoms with van der Waals surface area (Å²) in [6.45, 7) is 0.236. The highest BCUT2D eigenvalue weighted by Gasteiger charge is 2.28. The lowest BCUT2D eigenvalue weighted by molar-refractivity contribution is -0.386. The molecular weight excluding hydrogens is 316 g/mol. The Morgan fingerprint density at radius 1 is 1.38 bits per heavy atom. The number of nitro benzene ring substituents is 1. The second-order valence-corrected chi connectivity index (χ2v) is 6.87. The molecule has 0 unspecified atom stereocenters. The first-order valence-corrected chi connectivity index (χ1v) is 9.04. The van der Waals surface area contributed by atoms with Crippen LogP contribution in [0, 0.1) is 10.1 Å². The van der Waals surface area contributed by atoms with Crippen LogP contribution in [0.3, 0.4) is 0 Å². The summed E-state index contributed by atoms with van der Waals surface area (Å²) < 4.78 is 26.7. The molecule has 0 atom stereocenters. The van der Waals surface area contributed by atoms with Gasteiger partial charge in [0.1, 0.15) is 5.69 Å². The van der Waals surface area contributed by atoms with Crippen LogP contribution in [0.5, 0.6) is 0 Å². The molecule has 4 N–H and O–H groups in total. The number of hydrogen-bond donors (Lipinski definition) is 3. The molecule has 0 heterocycles. The molecule has 1 rings (SSSR count). The van der Waals surface area contributed by atoms with Crippen molar-refractivity contribution in [3.63, 3.8) is 0 Å². The van der Waals surface area contributed by atoms with Gasteiger partial charge in [0.25, 0.3) is 0 Å². The first kappa shape index (κ1) is 17.7. The summed E-state index contributed by atoms with van der Waals surface area (Å²) in [6, 6.07) is 3.92. The molecule has 0 aromatic heterocycles. The molecular formula is C11H18N4O4S2. The summed E-state index contributed by atoms with van der Waals surface area (Å²) in [4.78, 5) is 9.92. The molecule has 0 amide bonds. The number of sulfonamides is 1. The SMILES string of the molecule is CSCCCCNS(=O)(=O)c1cccc(NN)c1[N+](=O)[O-]. The largest absolute Gasteiger partial charge is 0.318 e. The number of unbranched alkanes of at least 4 members (excludes halogenated alkanes) is 1. The molecule has 0 saturated heterocycles. The number of anilines is 1. The van der Waals surface area contributed by atoms with E-state index in [4.69, 9.17) is 5.84 Å². The van der Waals surface area contributed by atoms with Crippen LogP contribution in [0.1, 0.15) is 12.8 Å². The van der Waals surface area contributed by atoms with Crippen LogP contribution in [0.15, 0.2) is 23.1 Å². The van der Waals surface area contributed by atoms with Crippen LogP contribution in [0.2, 0.25) is 0 Å². The number of hydrazine groups is 1. The molecule has 0 bridgehead atoms. The second-order valence-electron chi connectivity index (χ2n) is 4.15. The van der Waals surface area contributed by atoms with Gasteiger partial charge in [0.2, 0.25) is 10.0 Å². The molecule has 0 radical (unpaired) electrons. The topological polar surface area (TPSA) is 127 Å². The summed E-state index contributed by atoms with van der Waals surface area (Å²) in [5, 5.41) is 11.1. The molecule has 0 aliphatic rings. The number of thioether (sulfide) groups is 1. The maximum atomic E-state index is 12.2. The molecule has 1 aromatic rings. The number of para-hydroxylation sites is 1. The average molecular weight is 334 g/mol. The van der Waals surface area contributed by atoms with Crippen molar-refractivity contribution in [2.75, 3.05) is 24.0 Å². The van der Waals surface area contributed by atoms with Crippen molar-refractivity contribution in [3.05, 3.63) is 28.3 Å². The van der Waals surface area contributed by atoms with E-state index in [2.05, 4.69) is 10.1 Å². The molecule has 0 aliphatic heterocycles. The quantitative estimate of drug-likeness (QED) is 0.269. The maximum Gasteiger partial charge on any atom is 0.313 e. The van der Waals surface area contributed by atoms with Gasteiger partial charge in [0, 0.05) is 6.54 Å². The van der Waals surface area contributed by atoms with E-state index in [1.807, 2.05) is 6.26 Å². The molecule has 0 spiro atoms. The van der Waals surface area contributed by atoms with Crippen molar-refractivity contribution in [1.29, 1.82) is 0 Å². The van der Waals surface area contributed by atoms with Gasteiger partial charge in [-0.25, -0.2) is 13.1 Å². The number of hydrogen-bond acceptors (Lipinski definition) is 7. The fraction of sp³-hybridized carbons (Fsp3) is 0.455. The number of benzene rings is 1. The van der Waals surface area contributed by atoms with Gasteiger partial charge < -0.3 is 5.43 Å². The third-order valence-corrected chi connectivity index (χ3v) is 4.88. The summed E-state index contributed by atoms with van der Waals surface area (Å²) in [6.07, 6.45) is 3.51. The number of nitrogen functional groups attached to an aromatic ring is 1. The number of nitrogens with one attached hydrogen (secondary N) is 2. The minimum atomic E-state index is -3.95. The molecule has 0 aliphatic carbocycles. The highest BCUT2D eigenvalue weighted by molar-refractivity contribution is 7.98. The van der Waals surface area contributed by atoms with Crippen LogP contribution in [0.25, 0.3) is 0 Å². The smallest absolute Gasteiger partial charge is 0.313 e. The van der Waals surface area contributed by atoms with Crippen molar-refractivity contribution in [2.45, 2.75) is 17.7 Å². The lowest BCUT2D eigenvalue weighted by atomic mass is 10.3. The molecule has 1 aromatic carbocycles. The van der Waals surface area contributed by atoms with E-state index in [-0.39, 0.29) is 12.2 Å². The summed E-state index contributed by atoms with van der Waals surface area (Å²) in [5.74, 6) is 6.12. The monoisotopic (exact) mass is 334 g/mol. The predicted octanol–water partition coefficient (Wildman–Crippen LogP) is 1.30. The van der Waals surface area contributed by atoms with Crippen LogP contribution < -0.4 is 16.0 Å². The van der Waals surface area contributed by atoms with Gasteiger partial charge >= 0.3 is 5.69 Å². The lowest BCUT2D eigenvalue weighted by Gasteiger charge is -2.09. The zero-order valence-electron chi connectivity index (χ0n) is 11.5. The lowest BCUT2D eigenvalue weighted by Crippen LogP contribution is -2.26. The molecule has 0 saturated carbocycles. The van der Waals surface area contributed by atoms with Crippen LogP contribution in [0.4, 0.5) is 11.4 Å². The van der Waals surface area contributed by atoms with Crippen molar-refractivity contribution >= 4 is 33.2 Å². The maximum absolute atomic E-state index is 12.2. The van der Waals surface area contributed by atoms with E-state index in [0.717, 1.165) is 12.2 Å². The van der Waals surface area contributed by atoms with Gasteiger partial charge in [0.05, 0.1) is 4.92 Å². The number of rotatable bonds is 9. The molecule has 118 valence electrons. The predicted molar refractivity (Wildman–Crippen MR) is 83.7 cm³/mol. The summed E-state index contributed by atoms with van der Waals surface area (Å²) in [7, 11) is -3.95. The van der Waals surface area contributed by atoms with E-state index < -0.39 is 25.5 Å². The van der Waals surface area contributed by atoms with E-state index in [9.17, 15) is 18.5 Å². The molecule has 0 fully saturated rings. The Morgan fingerprint density at radius 3 is 2.67 bits per heavy atom. The van der Waals surface area contributed by atoms with E-state index >= 15 is 0 Å². The number of nitro groups is 1. The van der Waals surface area contributed by atoms with Crippen LogP contribution in [-0.4, -0.2) is 31.9 Å². The first-order valence-electron chi connectivity index (χ1n) is 6.16. The van der Waals surface area contributed by atoms with Crippen molar-refractivity contribution in [1.82, 2.24) is 4.72 Å². The summed E-state index contributed by atoms with van der Waals surface area (Å²) in [5.41, 5.74) is 1.53. The molecule has 8 nitrogen and oxygen atoms in total. The standard InChI is InChI=1S/C11H18N4O4S2/c1-20-8-3-2-7-13-21(18,19)10-6-4-5-9(14-12)11(10)15(16)17/h4-6,13-14H,2-3,7-8,12H2,1H3. The van der Waals surface area contributed by atoms with Crippen molar-refractivity contribution in [2.24, 2.45) is 5.84 Å². The minimum absolute atomic E-state index is 0.0507. The first-order chi connectivity index (χ1) is 9.94.